The fraction of sp³-hybridized carbons (Fsp3) is 0.875. The van der Waals surface area contributed by atoms with E-state index < -0.39 is 0 Å². The van der Waals surface area contributed by atoms with Crippen molar-refractivity contribution in [3.63, 3.8) is 0 Å². The zero-order chi connectivity index (χ0) is 6.57. The van der Waals surface area contributed by atoms with Gasteiger partial charge in [-0.15, -0.1) is 0 Å². The minimum atomic E-state index is 0.636. The average molecular weight is 113 g/mol. The Balaban J connectivity index is 2.93. The highest BCUT2D eigenvalue weighted by Crippen LogP contribution is 2.09. The van der Waals surface area contributed by atoms with Gasteiger partial charge < -0.3 is 0 Å². The molecule has 0 fully saturated rings. The number of rotatable bonds is 3. The molecule has 0 nitrogen and oxygen atoms in total. The van der Waals surface area contributed by atoms with E-state index in [1.807, 2.05) is 0 Å². The molecule has 49 valence electrons. The fourth-order valence-corrected chi connectivity index (χ4v) is 0.618. The Morgan fingerprint density at radius 2 is 1.62 bits per heavy atom. The Morgan fingerprint density at radius 3 is 1.75 bits per heavy atom. The first-order valence-corrected chi connectivity index (χ1v) is 3.46. The molecule has 0 aromatic heterocycles. The SMILES string of the molecule is [CH2][C@H](C)CCC(C)C. The monoisotopic (exact) mass is 113 g/mol. The minimum absolute atomic E-state index is 0.636. The van der Waals surface area contributed by atoms with E-state index in [-0.39, 0.29) is 0 Å². The van der Waals surface area contributed by atoms with Crippen LogP contribution in [0.4, 0.5) is 0 Å². The predicted octanol–water partition coefficient (Wildman–Crippen LogP) is 2.89. The van der Waals surface area contributed by atoms with Crippen LogP contribution in [0.25, 0.3) is 0 Å². The van der Waals surface area contributed by atoms with Gasteiger partial charge in [0.1, 0.15) is 0 Å². The van der Waals surface area contributed by atoms with Gasteiger partial charge in [-0.1, -0.05) is 40.5 Å². The van der Waals surface area contributed by atoms with E-state index in [2.05, 4.69) is 27.7 Å². The van der Waals surface area contributed by atoms with Crippen LogP contribution >= 0.6 is 0 Å². The Hall–Kier alpha value is 0. The van der Waals surface area contributed by atoms with Crippen LogP contribution in [-0.4, -0.2) is 0 Å². The van der Waals surface area contributed by atoms with E-state index in [1.54, 1.807) is 0 Å². The zero-order valence-corrected chi connectivity index (χ0v) is 6.28. The van der Waals surface area contributed by atoms with Crippen molar-refractivity contribution in [3.8, 4) is 0 Å². The van der Waals surface area contributed by atoms with E-state index in [1.165, 1.54) is 12.8 Å². The third kappa shape index (κ3) is 6.00. The zero-order valence-electron chi connectivity index (χ0n) is 6.28. The molecule has 0 aromatic rings. The van der Waals surface area contributed by atoms with Crippen molar-refractivity contribution >= 4 is 0 Å². The first-order chi connectivity index (χ1) is 3.63. The Kier molecular flexibility index (Phi) is 3.94. The normalized spacial score (nSPS) is 11.2. The van der Waals surface area contributed by atoms with Gasteiger partial charge in [0.25, 0.3) is 0 Å². The van der Waals surface area contributed by atoms with Gasteiger partial charge in [0.15, 0.2) is 0 Å². The summed E-state index contributed by atoms with van der Waals surface area (Å²) in [6.07, 6.45) is 2.60. The molecular weight excluding hydrogens is 96.1 g/mol. The molecule has 0 rings (SSSR count). The van der Waals surface area contributed by atoms with Crippen molar-refractivity contribution in [2.24, 2.45) is 11.8 Å². The van der Waals surface area contributed by atoms with Gasteiger partial charge in [-0.25, -0.2) is 0 Å². The second-order valence-electron chi connectivity index (χ2n) is 3.08. The summed E-state index contributed by atoms with van der Waals surface area (Å²) in [4.78, 5) is 0. The van der Waals surface area contributed by atoms with Gasteiger partial charge in [-0.2, -0.15) is 0 Å². The van der Waals surface area contributed by atoms with Gasteiger partial charge in [-0.05, 0) is 11.8 Å². The van der Waals surface area contributed by atoms with Crippen molar-refractivity contribution in [2.75, 3.05) is 0 Å². The Labute approximate surface area is 53.3 Å². The first kappa shape index (κ1) is 8.00. The highest BCUT2D eigenvalue weighted by Gasteiger charge is 1.95. The van der Waals surface area contributed by atoms with Crippen LogP contribution < -0.4 is 0 Å². The topological polar surface area (TPSA) is 0 Å². The lowest BCUT2D eigenvalue weighted by molar-refractivity contribution is 0.500. The van der Waals surface area contributed by atoms with Crippen molar-refractivity contribution < 1.29 is 0 Å². The number of hydrogen-bond donors (Lipinski definition) is 0. The van der Waals surface area contributed by atoms with Gasteiger partial charge >= 0.3 is 0 Å². The van der Waals surface area contributed by atoms with Crippen LogP contribution in [0, 0.1) is 18.8 Å². The quantitative estimate of drug-likeness (QED) is 0.528. The Bertz CT molecular complexity index is 36.0. The van der Waals surface area contributed by atoms with Crippen LogP contribution in [0.5, 0.6) is 0 Å². The van der Waals surface area contributed by atoms with Crippen molar-refractivity contribution in [1.82, 2.24) is 0 Å². The molecule has 0 N–H and O–H groups in total. The molecule has 0 aliphatic heterocycles. The van der Waals surface area contributed by atoms with Crippen molar-refractivity contribution in [2.45, 2.75) is 33.6 Å². The minimum Gasteiger partial charge on any atom is -0.0628 e. The maximum Gasteiger partial charge on any atom is -0.0443 e. The standard InChI is InChI=1S/C8H17/c1-7(2)5-6-8(3)4/h7-8H,1,5-6H2,2-4H3/t7-/m1/s1. The van der Waals surface area contributed by atoms with Gasteiger partial charge in [0.2, 0.25) is 0 Å². The molecule has 8 heavy (non-hydrogen) atoms. The molecule has 0 aliphatic carbocycles. The molecule has 0 saturated carbocycles. The molecule has 1 atom stereocenters. The molecular formula is C8H17. The molecule has 1 radical (unpaired) electrons. The summed E-state index contributed by atoms with van der Waals surface area (Å²) >= 11 is 0. The molecule has 0 heteroatoms. The highest BCUT2D eigenvalue weighted by molar-refractivity contribution is 4.55. The highest BCUT2D eigenvalue weighted by atomic mass is 14.0. The smallest absolute Gasteiger partial charge is 0.0443 e. The maximum absolute atomic E-state index is 3.91. The second-order valence-corrected chi connectivity index (χ2v) is 3.08. The summed E-state index contributed by atoms with van der Waals surface area (Å²) in [5, 5.41) is 0. The van der Waals surface area contributed by atoms with E-state index in [0.29, 0.717) is 5.92 Å². The molecule has 0 spiro atoms. The maximum atomic E-state index is 3.91. The molecule has 0 aromatic carbocycles. The molecule has 0 unspecified atom stereocenters. The van der Waals surface area contributed by atoms with Gasteiger partial charge in [0.05, 0.1) is 0 Å². The summed E-state index contributed by atoms with van der Waals surface area (Å²) in [5.74, 6) is 1.48. The third-order valence-corrected chi connectivity index (χ3v) is 1.24. The summed E-state index contributed by atoms with van der Waals surface area (Å²) in [6.45, 7) is 10.6. The Morgan fingerprint density at radius 1 is 1.12 bits per heavy atom. The summed E-state index contributed by atoms with van der Waals surface area (Å²) in [7, 11) is 0. The van der Waals surface area contributed by atoms with Crippen LogP contribution in [-0.2, 0) is 0 Å². The molecule has 0 amide bonds. The van der Waals surface area contributed by atoms with Crippen molar-refractivity contribution in [1.29, 1.82) is 0 Å². The van der Waals surface area contributed by atoms with Crippen LogP contribution in [0.3, 0.4) is 0 Å². The van der Waals surface area contributed by atoms with Crippen LogP contribution in [0.2, 0.25) is 0 Å². The fourth-order valence-electron chi connectivity index (χ4n) is 0.618. The van der Waals surface area contributed by atoms with E-state index in [4.69, 9.17) is 0 Å². The summed E-state index contributed by atoms with van der Waals surface area (Å²) in [6, 6.07) is 0. The largest absolute Gasteiger partial charge is 0.0628 e. The summed E-state index contributed by atoms with van der Waals surface area (Å²) < 4.78 is 0. The van der Waals surface area contributed by atoms with E-state index >= 15 is 0 Å². The van der Waals surface area contributed by atoms with Crippen molar-refractivity contribution in [3.05, 3.63) is 6.92 Å². The van der Waals surface area contributed by atoms with Crippen LogP contribution in [0.15, 0.2) is 0 Å². The van der Waals surface area contributed by atoms with Gasteiger partial charge in [0, 0.05) is 0 Å². The molecule has 0 heterocycles. The third-order valence-electron chi connectivity index (χ3n) is 1.24. The predicted molar refractivity (Wildman–Crippen MR) is 38.6 cm³/mol. The van der Waals surface area contributed by atoms with Crippen LogP contribution in [0.1, 0.15) is 33.6 Å². The molecule has 0 aliphatic rings. The number of hydrogen-bond acceptors (Lipinski definition) is 0. The molecule has 0 bridgehead atoms. The van der Waals surface area contributed by atoms with Gasteiger partial charge in [-0.3, -0.25) is 0 Å². The lowest BCUT2D eigenvalue weighted by Crippen LogP contribution is -1.92. The average Bonchev–Trinajstić information content (AvgIpc) is 1.61. The molecule has 0 saturated heterocycles. The first-order valence-electron chi connectivity index (χ1n) is 3.46. The lowest BCUT2D eigenvalue weighted by atomic mass is 10.0. The van der Waals surface area contributed by atoms with E-state index in [9.17, 15) is 0 Å². The lowest BCUT2D eigenvalue weighted by Gasteiger charge is -2.05. The summed E-state index contributed by atoms with van der Waals surface area (Å²) in [5.41, 5.74) is 0. The second kappa shape index (κ2) is 3.94. The van der Waals surface area contributed by atoms with E-state index in [0.717, 1.165) is 5.92 Å².